The number of benzene rings is 1. The largest absolute Gasteiger partial charge is 0.493 e. The molecule has 96 valence electrons. The molecule has 0 aliphatic heterocycles. The van der Waals surface area contributed by atoms with Crippen molar-refractivity contribution in [1.82, 2.24) is 5.32 Å². The molecule has 1 aromatic carbocycles. The Kier molecular flexibility index (Phi) is 6.67. The van der Waals surface area contributed by atoms with E-state index in [0.29, 0.717) is 19.1 Å². The molecule has 0 saturated carbocycles. The standard InChI is InChI=1S/C14H23NO2/c1-3-13(15-4-2)12-8-5-6-9-14(12)17-11-7-10-16/h5-6,8-9,13,15-16H,3-4,7,10-11H2,1-2H3. The molecule has 0 aliphatic carbocycles. The van der Waals surface area contributed by atoms with Gasteiger partial charge in [0.1, 0.15) is 5.75 Å². The number of rotatable bonds is 8. The van der Waals surface area contributed by atoms with Crippen molar-refractivity contribution in [2.45, 2.75) is 32.7 Å². The number of nitrogens with one attached hydrogen (secondary N) is 1. The molecule has 0 heterocycles. The average molecular weight is 237 g/mol. The summed E-state index contributed by atoms with van der Waals surface area (Å²) >= 11 is 0. The van der Waals surface area contributed by atoms with Crippen LogP contribution in [-0.2, 0) is 0 Å². The van der Waals surface area contributed by atoms with Crippen LogP contribution in [0.1, 0.15) is 38.3 Å². The van der Waals surface area contributed by atoms with E-state index in [0.717, 1.165) is 18.7 Å². The average Bonchev–Trinajstić information content (AvgIpc) is 2.37. The van der Waals surface area contributed by atoms with E-state index in [1.165, 1.54) is 5.56 Å². The highest BCUT2D eigenvalue weighted by Gasteiger charge is 2.12. The van der Waals surface area contributed by atoms with Gasteiger partial charge < -0.3 is 15.2 Å². The Hall–Kier alpha value is -1.06. The second-order valence-electron chi connectivity index (χ2n) is 3.98. The molecule has 1 atom stereocenters. The minimum absolute atomic E-state index is 0.173. The van der Waals surface area contributed by atoms with Crippen LogP contribution in [-0.4, -0.2) is 24.9 Å². The summed E-state index contributed by atoms with van der Waals surface area (Å²) in [6.45, 7) is 5.96. The highest BCUT2D eigenvalue weighted by molar-refractivity contribution is 5.35. The van der Waals surface area contributed by atoms with E-state index >= 15 is 0 Å². The quantitative estimate of drug-likeness (QED) is 0.683. The first-order chi connectivity index (χ1) is 8.33. The number of hydrogen-bond donors (Lipinski definition) is 2. The smallest absolute Gasteiger partial charge is 0.124 e. The molecule has 0 spiro atoms. The highest BCUT2D eigenvalue weighted by Crippen LogP contribution is 2.27. The van der Waals surface area contributed by atoms with Gasteiger partial charge in [0.25, 0.3) is 0 Å². The summed E-state index contributed by atoms with van der Waals surface area (Å²) in [6.07, 6.45) is 1.71. The van der Waals surface area contributed by atoms with E-state index in [1.54, 1.807) is 0 Å². The van der Waals surface area contributed by atoms with E-state index in [4.69, 9.17) is 9.84 Å². The number of hydrogen-bond acceptors (Lipinski definition) is 3. The Morgan fingerprint density at radius 1 is 1.29 bits per heavy atom. The van der Waals surface area contributed by atoms with E-state index in [1.807, 2.05) is 18.2 Å². The lowest BCUT2D eigenvalue weighted by molar-refractivity contribution is 0.231. The first kappa shape index (κ1) is 14.0. The molecule has 0 aromatic heterocycles. The molecule has 0 saturated heterocycles. The van der Waals surface area contributed by atoms with Crippen molar-refractivity contribution in [2.24, 2.45) is 0 Å². The fourth-order valence-electron chi connectivity index (χ4n) is 1.87. The van der Waals surface area contributed by atoms with Gasteiger partial charge in [0.15, 0.2) is 0 Å². The number of ether oxygens (including phenoxy) is 1. The molecule has 1 unspecified atom stereocenters. The first-order valence-electron chi connectivity index (χ1n) is 6.39. The fourth-order valence-corrected chi connectivity index (χ4v) is 1.87. The van der Waals surface area contributed by atoms with Crippen LogP contribution in [0.25, 0.3) is 0 Å². The van der Waals surface area contributed by atoms with Gasteiger partial charge in [-0.3, -0.25) is 0 Å². The predicted molar refractivity (Wildman–Crippen MR) is 70.3 cm³/mol. The minimum atomic E-state index is 0.173. The van der Waals surface area contributed by atoms with Gasteiger partial charge in [0.05, 0.1) is 6.61 Å². The first-order valence-corrected chi connectivity index (χ1v) is 6.39. The summed E-state index contributed by atoms with van der Waals surface area (Å²) in [5.74, 6) is 0.925. The summed E-state index contributed by atoms with van der Waals surface area (Å²) in [7, 11) is 0. The topological polar surface area (TPSA) is 41.5 Å². The Morgan fingerprint density at radius 2 is 2.06 bits per heavy atom. The maximum absolute atomic E-state index is 8.76. The molecule has 2 N–H and O–H groups in total. The van der Waals surface area contributed by atoms with Crippen molar-refractivity contribution >= 4 is 0 Å². The summed E-state index contributed by atoms with van der Waals surface area (Å²) in [5, 5.41) is 12.2. The van der Waals surface area contributed by atoms with Crippen LogP contribution in [0.2, 0.25) is 0 Å². The minimum Gasteiger partial charge on any atom is -0.493 e. The molecule has 0 amide bonds. The molecule has 1 rings (SSSR count). The van der Waals surface area contributed by atoms with Gasteiger partial charge in [-0.2, -0.15) is 0 Å². The maximum Gasteiger partial charge on any atom is 0.124 e. The van der Waals surface area contributed by atoms with Gasteiger partial charge in [0, 0.05) is 24.6 Å². The number of aliphatic hydroxyl groups is 1. The van der Waals surface area contributed by atoms with Crippen LogP contribution in [0.4, 0.5) is 0 Å². The van der Waals surface area contributed by atoms with Crippen LogP contribution in [0.3, 0.4) is 0 Å². The molecule has 0 fully saturated rings. The van der Waals surface area contributed by atoms with Crippen LogP contribution < -0.4 is 10.1 Å². The second kappa shape index (κ2) is 8.09. The van der Waals surface area contributed by atoms with Crippen LogP contribution in [0.5, 0.6) is 5.75 Å². The molecule has 3 heteroatoms. The molecular weight excluding hydrogens is 214 g/mol. The summed E-state index contributed by atoms with van der Waals surface area (Å²) in [5.41, 5.74) is 1.20. The Bertz CT molecular complexity index is 315. The van der Waals surface area contributed by atoms with Crippen molar-refractivity contribution in [1.29, 1.82) is 0 Å². The maximum atomic E-state index is 8.76. The zero-order valence-corrected chi connectivity index (χ0v) is 10.8. The molecular formula is C14H23NO2. The van der Waals surface area contributed by atoms with E-state index < -0.39 is 0 Å². The van der Waals surface area contributed by atoms with E-state index in [9.17, 15) is 0 Å². The van der Waals surface area contributed by atoms with Gasteiger partial charge >= 0.3 is 0 Å². The molecule has 17 heavy (non-hydrogen) atoms. The summed E-state index contributed by atoms with van der Waals surface area (Å²) < 4.78 is 5.71. The van der Waals surface area contributed by atoms with Crippen molar-refractivity contribution in [3.63, 3.8) is 0 Å². The van der Waals surface area contributed by atoms with Gasteiger partial charge in [-0.05, 0) is 19.0 Å². The fraction of sp³-hybridized carbons (Fsp3) is 0.571. The van der Waals surface area contributed by atoms with Crippen LogP contribution in [0.15, 0.2) is 24.3 Å². The summed E-state index contributed by atoms with van der Waals surface area (Å²) in [4.78, 5) is 0. The summed E-state index contributed by atoms with van der Waals surface area (Å²) in [6, 6.07) is 8.45. The Balaban J connectivity index is 2.74. The molecule has 3 nitrogen and oxygen atoms in total. The number of para-hydroxylation sites is 1. The molecule has 1 aromatic rings. The van der Waals surface area contributed by atoms with E-state index in [2.05, 4.69) is 25.2 Å². The zero-order chi connectivity index (χ0) is 12.5. The molecule has 0 radical (unpaired) electrons. The molecule has 0 bridgehead atoms. The third-order valence-corrected chi connectivity index (χ3v) is 2.71. The third kappa shape index (κ3) is 4.36. The van der Waals surface area contributed by atoms with Gasteiger partial charge in [-0.25, -0.2) is 0 Å². The SMILES string of the molecule is CCNC(CC)c1ccccc1OCCCO. The lowest BCUT2D eigenvalue weighted by Gasteiger charge is -2.19. The van der Waals surface area contributed by atoms with Crippen molar-refractivity contribution in [3.05, 3.63) is 29.8 Å². The lowest BCUT2D eigenvalue weighted by Crippen LogP contribution is -2.20. The van der Waals surface area contributed by atoms with Crippen molar-refractivity contribution in [3.8, 4) is 5.75 Å². The van der Waals surface area contributed by atoms with Gasteiger partial charge in [-0.1, -0.05) is 32.0 Å². The van der Waals surface area contributed by atoms with Gasteiger partial charge in [0.2, 0.25) is 0 Å². The molecule has 0 aliphatic rings. The number of aliphatic hydroxyl groups excluding tert-OH is 1. The highest BCUT2D eigenvalue weighted by atomic mass is 16.5. The van der Waals surface area contributed by atoms with Crippen LogP contribution in [0, 0.1) is 0 Å². The zero-order valence-electron chi connectivity index (χ0n) is 10.8. The van der Waals surface area contributed by atoms with Crippen molar-refractivity contribution < 1.29 is 9.84 Å². The Morgan fingerprint density at radius 3 is 2.71 bits per heavy atom. The normalized spacial score (nSPS) is 12.4. The lowest BCUT2D eigenvalue weighted by atomic mass is 10.0. The van der Waals surface area contributed by atoms with Gasteiger partial charge in [-0.15, -0.1) is 0 Å². The Labute approximate surface area is 104 Å². The monoisotopic (exact) mass is 237 g/mol. The van der Waals surface area contributed by atoms with E-state index in [-0.39, 0.29) is 6.61 Å². The van der Waals surface area contributed by atoms with Crippen LogP contribution >= 0.6 is 0 Å². The third-order valence-electron chi connectivity index (χ3n) is 2.71. The second-order valence-corrected chi connectivity index (χ2v) is 3.98. The predicted octanol–water partition coefficient (Wildman–Crippen LogP) is 2.51. The van der Waals surface area contributed by atoms with Crippen molar-refractivity contribution in [2.75, 3.05) is 19.8 Å².